The summed E-state index contributed by atoms with van der Waals surface area (Å²) in [5.74, 6) is 0. The summed E-state index contributed by atoms with van der Waals surface area (Å²) in [6, 6.07) is 90.1. The van der Waals surface area contributed by atoms with E-state index < -0.39 is 0 Å². The minimum atomic E-state index is -0.122. The van der Waals surface area contributed by atoms with Gasteiger partial charge in [-0.2, -0.15) is 0 Å². The molecule has 0 saturated heterocycles. The highest BCUT2D eigenvalue weighted by Gasteiger charge is 2.43. The van der Waals surface area contributed by atoms with Gasteiger partial charge in [-0.15, -0.1) is 0 Å². The normalized spacial score (nSPS) is 12.7. The van der Waals surface area contributed by atoms with Crippen LogP contribution in [-0.2, 0) is 0 Å². The number of para-hydroxylation sites is 8. The molecule has 2 aliphatic heterocycles. The number of fused-ring (bicyclic) bond motifs is 18. The van der Waals surface area contributed by atoms with E-state index in [4.69, 9.17) is 0 Å². The molecule has 0 aliphatic carbocycles. The first-order chi connectivity index (χ1) is 35.8. The predicted octanol–water partition coefficient (Wildman–Crippen LogP) is 14.7. The first-order valence-corrected chi connectivity index (χ1v) is 25.0. The van der Waals surface area contributed by atoms with Crippen LogP contribution in [0.2, 0.25) is 0 Å². The number of nitrogens with zero attached hydrogens (tertiary/aromatic N) is 5. The smallest absolute Gasteiger partial charge is 0.252 e. The molecule has 11 aromatic carbocycles. The summed E-state index contributed by atoms with van der Waals surface area (Å²) >= 11 is 0. The fourth-order valence-electron chi connectivity index (χ4n) is 13.4. The number of anilines is 3. The van der Waals surface area contributed by atoms with Gasteiger partial charge in [0.1, 0.15) is 0 Å². The van der Waals surface area contributed by atoms with Crippen molar-refractivity contribution in [3.63, 3.8) is 0 Å². The Morgan fingerprint density at radius 1 is 0.278 bits per heavy atom. The van der Waals surface area contributed by atoms with Crippen molar-refractivity contribution >= 4 is 127 Å². The van der Waals surface area contributed by atoms with E-state index >= 15 is 0 Å². The lowest BCUT2D eigenvalue weighted by molar-refractivity contribution is 1.13. The summed E-state index contributed by atoms with van der Waals surface area (Å²) in [5, 5.41) is 10.2. The van der Waals surface area contributed by atoms with E-state index in [0.29, 0.717) is 0 Å². The molecular formula is C66H40BN5. The zero-order chi connectivity index (χ0) is 46.8. The predicted molar refractivity (Wildman–Crippen MR) is 303 cm³/mol. The fraction of sp³-hybridized carbons (Fsp3) is 0. The highest BCUT2D eigenvalue weighted by Crippen LogP contribution is 2.48. The number of hydrogen-bond donors (Lipinski definition) is 0. The van der Waals surface area contributed by atoms with Gasteiger partial charge >= 0.3 is 0 Å². The van der Waals surface area contributed by atoms with E-state index in [1.165, 1.54) is 115 Å². The third kappa shape index (κ3) is 4.83. The SMILES string of the molecule is c1ccc(N(c2ccccc2)c2cc3c4c(c2)-n2c5ccccc5c5c6c7ccccc7n(-c7ccccc7)c6cc(c52)B4c2cc4c(c5ccccc5n4-c4ccccc4)c4c5ccccc5n-3c24)cc1. The molecule has 6 heteroatoms. The molecule has 0 radical (unpaired) electrons. The molecule has 4 aromatic heterocycles. The van der Waals surface area contributed by atoms with Crippen molar-refractivity contribution in [2.24, 2.45) is 0 Å². The van der Waals surface area contributed by atoms with Gasteiger partial charge < -0.3 is 23.2 Å². The minimum Gasteiger partial charge on any atom is -0.310 e. The third-order valence-electron chi connectivity index (χ3n) is 16.0. The van der Waals surface area contributed by atoms with E-state index in [0.717, 1.165) is 28.4 Å². The van der Waals surface area contributed by atoms with Crippen LogP contribution in [0.5, 0.6) is 0 Å². The van der Waals surface area contributed by atoms with Crippen molar-refractivity contribution in [1.29, 1.82) is 0 Å². The fourth-order valence-corrected chi connectivity index (χ4v) is 13.4. The lowest BCUT2D eigenvalue weighted by Crippen LogP contribution is -2.59. The Bertz CT molecular complexity index is 4490. The number of aromatic nitrogens is 4. The van der Waals surface area contributed by atoms with Crippen LogP contribution in [0.25, 0.3) is 110 Å². The molecule has 0 fully saturated rings. The van der Waals surface area contributed by atoms with Crippen LogP contribution in [0.1, 0.15) is 0 Å². The quantitative estimate of drug-likeness (QED) is 0.158. The van der Waals surface area contributed by atoms with Gasteiger partial charge in [-0.25, -0.2) is 0 Å². The molecule has 0 unspecified atom stereocenters. The van der Waals surface area contributed by atoms with Gasteiger partial charge in [0.2, 0.25) is 0 Å². The molecule has 5 nitrogen and oxygen atoms in total. The topological polar surface area (TPSA) is 23.0 Å². The second-order valence-corrected chi connectivity index (χ2v) is 19.6. The largest absolute Gasteiger partial charge is 0.310 e. The van der Waals surface area contributed by atoms with Crippen LogP contribution < -0.4 is 21.3 Å². The molecule has 72 heavy (non-hydrogen) atoms. The zero-order valence-corrected chi connectivity index (χ0v) is 38.9. The average Bonchev–Trinajstić information content (AvgIpc) is 4.18. The van der Waals surface area contributed by atoms with Gasteiger partial charge in [0.25, 0.3) is 6.71 Å². The second-order valence-electron chi connectivity index (χ2n) is 19.6. The highest BCUT2D eigenvalue weighted by atomic mass is 15.2. The summed E-state index contributed by atoms with van der Waals surface area (Å²) in [6.45, 7) is -0.122. The van der Waals surface area contributed by atoms with Crippen molar-refractivity contribution in [2.45, 2.75) is 0 Å². The van der Waals surface area contributed by atoms with Crippen molar-refractivity contribution in [3.05, 3.63) is 243 Å². The maximum atomic E-state index is 2.63. The highest BCUT2D eigenvalue weighted by molar-refractivity contribution is 7.00. The van der Waals surface area contributed by atoms with E-state index in [1.807, 2.05) is 0 Å². The zero-order valence-electron chi connectivity index (χ0n) is 38.9. The molecule has 15 aromatic rings. The lowest BCUT2D eigenvalue weighted by Gasteiger charge is -2.36. The molecule has 6 heterocycles. The van der Waals surface area contributed by atoms with Crippen LogP contribution in [0.4, 0.5) is 17.1 Å². The number of hydrogen-bond acceptors (Lipinski definition) is 1. The Balaban J connectivity index is 1.13. The van der Waals surface area contributed by atoms with Crippen LogP contribution in [0.15, 0.2) is 243 Å². The van der Waals surface area contributed by atoms with Crippen LogP contribution >= 0.6 is 0 Å². The van der Waals surface area contributed by atoms with Crippen LogP contribution in [-0.4, -0.2) is 25.0 Å². The van der Waals surface area contributed by atoms with E-state index in [-0.39, 0.29) is 6.71 Å². The molecule has 0 amide bonds. The Labute approximate surface area is 413 Å². The van der Waals surface area contributed by atoms with Crippen molar-refractivity contribution < 1.29 is 0 Å². The molecule has 0 spiro atoms. The molecular weight excluding hydrogens is 874 g/mol. The molecule has 0 atom stereocenters. The summed E-state index contributed by atoms with van der Waals surface area (Å²) in [7, 11) is 0. The Morgan fingerprint density at radius 3 is 1.01 bits per heavy atom. The monoisotopic (exact) mass is 913 g/mol. The third-order valence-corrected chi connectivity index (χ3v) is 16.0. The van der Waals surface area contributed by atoms with Gasteiger partial charge in [-0.3, -0.25) is 0 Å². The van der Waals surface area contributed by atoms with Crippen LogP contribution in [0.3, 0.4) is 0 Å². The van der Waals surface area contributed by atoms with Crippen molar-refractivity contribution in [3.8, 4) is 22.7 Å². The molecule has 2 aliphatic rings. The molecule has 0 N–H and O–H groups in total. The van der Waals surface area contributed by atoms with Crippen molar-refractivity contribution in [1.82, 2.24) is 18.3 Å². The van der Waals surface area contributed by atoms with Gasteiger partial charge in [-0.05, 0) is 113 Å². The minimum absolute atomic E-state index is 0.122. The first-order valence-electron chi connectivity index (χ1n) is 25.0. The first kappa shape index (κ1) is 38.3. The van der Waals surface area contributed by atoms with E-state index in [9.17, 15) is 0 Å². The van der Waals surface area contributed by atoms with E-state index in [2.05, 4.69) is 266 Å². The molecule has 0 saturated carbocycles. The molecule has 332 valence electrons. The second kappa shape index (κ2) is 14.1. The van der Waals surface area contributed by atoms with Gasteiger partial charge in [0.05, 0.1) is 49.8 Å². The van der Waals surface area contributed by atoms with E-state index in [1.54, 1.807) is 0 Å². The summed E-state index contributed by atoms with van der Waals surface area (Å²) in [6.07, 6.45) is 0. The number of rotatable bonds is 5. The average molecular weight is 914 g/mol. The van der Waals surface area contributed by atoms with Gasteiger partial charge in [0.15, 0.2) is 0 Å². The Morgan fingerprint density at radius 2 is 0.611 bits per heavy atom. The lowest BCUT2D eigenvalue weighted by atomic mass is 9.34. The standard InChI is InChI=1S/C66H40BN5/c1-5-21-41(22-6-1)68(42-23-7-2-8-24-42)45-37-58-64-59(38-45)72-55-36-20-16-32-49(55)63-61-47-30-14-18-34-53(47)70(44-27-11-4-12-28-44)57(61)40-51(66(63)72)67(64)50-39-56-60(62-48-31-15-19-35-54(48)71(58)65(50)62)46-29-13-17-33-52(46)69(56)43-25-9-3-10-26-43/h1-40H. The summed E-state index contributed by atoms with van der Waals surface area (Å²) < 4.78 is 10.3. The number of benzene rings is 11. The summed E-state index contributed by atoms with van der Waals surface area (Å²) in [5.41, 5.74) is 21.8. The summed E-state index contributed by atoms with van der Waals surface area (Å²) in [4.78, 5) is 2.44. The molecule has 17 rings (SSSR count). The van der Waals surface area contributed by atoms with Gasteiger partial charge in [0, 0.05) is 77.2 Å². The maximum Gasteiger partial charge on any atom is 0.252 e. The maximum absolute atomic E-state index is 2.63. The van der Waals surface area contributed by atoms with Crippen LogP contribution in [0, 0.1) is 0 Å². The molecule has 0 bridgehead atoms. The Kier molecular flexibility index (Phi) is 7.49. The Hall–Kier alpha value is -9.52. The van der Waals surface area contributed by atoms with Crippen molar-refractivity contribution in [2.75, 3.05) is 4.90 Å². The van der Waals surface area contributed by atoms with Gasteiger partial charge in [-0.1, -0.05) is 146 Å².